The lowest BCUT2D eigenvalue weighted by Crippen LogP contribution is -2.44. The second kappa shape index (κ2) is 6.29. The van der Waals surface area contributed by atoms with Crippen LogP contribution >= 0.6 is 0 Å². The van der Waals surface area contributed by atoms with E-state index in [9.17, 15) is 4.79 Å². The van der Waals surface area contributed by atoms with Crippen LogP contribution in [0.1, 0.15) is 81.6 Å². The molecule has 0 saturated carbocycles. The van der Waals surface area contributed by atoms with Crippen LogP contribution in [0.25, 0.3) is 0 Å². The number of nitrogens with zero attached hydrogens (tertiary/aromatic N) is 2. The molecule has 1 aromatic rings. The highest BCUT2D eigenvalue weighted by Gasteiger charge is 2.36. The fourth-order valence-corrected chi connectivity index (χ4v) is 4.14. The van der Waals surface area contributed by atoms with E-state index in [0.29, 0.717) is 17.7 Å². The summed E-state index contributed by atoms with van der Waals surface area (Å²) in [6.45, 7) is 9.89. The van der Waals surface area contributed by atoms with E-state index in [1.54, 1.807) is 0 Å². The van der Waals surface area contributed by atoms with E-state index < -0.39 is 0 Å². The summed E-state index contributed by atoms with van der Waals surface area (Å²) in [5.41, 5.74) is 1.93. The number of carbonyl (C=O) groups excluding carboxylic acids is 1. The number of hydrogen-bond donors (Lipinski definition) is 0. The second-order valence-electron chi connectivity index (χ2n) is 8.30. The number of carbonyl (C=O) groups is 1. The maximum Gasteiger partial charge on any atom is 0.276 e. The number of rotatable bonds is 2. The summed E-state index contributed by atoms with van der Waals surface area (Å²) < 4.78 is 5.53. The summed E-state index contributed by atoms with van der Waals surface area (Å²) in [6.07, 6.45) is 7.44. The third-order valence-corrected chi connectivity index (χ3v) is 5.83. The van der Waals surface area contributed by atoms with Gasteiger partial charge < -0.3 is 9.42 Å². The van der Waals surface area contributed by atoms with Crippen LogP contribution in [0, 0.1) is 11.3 Å². The van der Waals surface area contributed by atoms with Gasteiger partial charge in [0, 0.05) is 24.6 Å². The Morgan fingerprint density at radius 2 is 2.09 bits per heavy atom. The molecule has 1 fully saturated rings. The van der Waals surface area contributed by atoms with Crippen LogP contribution in [0.4, 0.5) is 0 Å². The van der Waals surface area contributed by atoms with Crippen LogP contribution in [0.2, 0.25) is 0 Å². The molecular weight excluding hydrogens is 288 g/mol. The molecule has 0 bridgehead atoms. The Morgan fingerprint density at radius 3 is 2.78 bits per heavy atom. The van der Waals surface area contributed by atoms with Crippen LogP contribution < -0.4 is 0 Å². The van der Waals surface area contributed by atoms with Crippen molar-refractivity contribution in [1.82, 2.24) is 10.1 Å². The van der Waals surface area contributed by atoms with Crippen molar-refractivity contribution in [3.63, 3.8) is 0 Å². The monoisotopic (exact) mass is 318 g/mol. The summed E-state index contributed by atoms with van der Waals surface area (Å²) in [5.74, 6) is 1.62. The number of aromatic nitrogens is 1. The zero-order valence-corrected chi connectivity index (χ0v) is 15.0. The van der Waals surface area contributed by atoms with Gasteiger partial charge in [-0.05, 0) is 49.9 Å². The Balaban J connectivity index is 1.84. The SMILES string of the molecule is CC[C@H]1CCCCN1C(=O)c1noc2c1C[C@H](C(C)(C)C)CC2. The average Bonchev–Trinajstić information content (AvgIpc) is 2.96. The van der Waals surface area contributed by atoms with E-state index in [0.717, 1.165) is 56.4 Å². The summed E-state index contributed by atoms with van der Waals surface area (Å²) in [6, 6.07) is 0.366. The lowest BCUT2D eigenvalue weighted by molar-refractivity contribution is 0.0596. The van der Waals surface area contributed by atoms with Crippen molar-refractivity contribution in [1.29, 1.82) is 0 Å². The Labute approximate surface area is 139 Å². The average molecular weight is 318 g/mol. The Morgan fingerprint density at radius 1 is 1.30 bits per heavy atom. The Hall–Kier alpha value is -1.32. The van der Waals surface area contributed by atoms with Crippen molar-refractivity contribution < 1.29 is 9.32 Å². The molecule has 23 heavy (non-hydrogen) atoms. The van der Waals surface area contributed by atoms with Crippen molar-refractivity contribution in [2.24, 2.45) is 11.3 Å². The largest absolute Gasteiger partial charge is 0.360 e. The molecule has 3 rings (SSSR count). The van der Waals surface area contributed by atoms with Gasteiger partial charge in [0.1, 0.15) is 5.76 Å². The van der Waals surface area contributed by atoms with Crippen LogP contribution in [0.5, 0.6) is 0 Å². The first kappa shape index (κ1) is 16.5. The van der Waals surface area contributed by atoms with E-state index in [2.05, 4.69) is 32.9 Å². The van der Waals surface area contributed by atoms with E-state index >= 15 is 0 Å². The van der Waals surface area contributed by atoms with Gasteiger partial charge in [0.05, 0.1) is 0 Å². The molecule has 0 aromatic carbocycles. The van der Waals surface area contributed by atoms with Crippen molar-refractivity contribution in [3.05, 3.63) is 17.0 Å². The van der Waals surface area contributed by atoms with Crippen LogP contribution in [-0.2, 0) is 12.8 Å². The Kier molecular flexibility index (Phi) is 4.52. The maximum absolute atomic E-state index is 13.1. The zero-order valence-electron chi connectivity index (χ0n) is 15.0. The Bertz CT molecular complexity index is 570. The fourth-order valence-electron chi connectivity index (χ4n) is 4.14. The lowest BCUT2D eigenvalue weighted by Gasteiger charge is -2.36. The molecule has 2 atom stereocenters. The van der Waals surface area contributed by atoms with Crippen molar-refractivity contribution in [2.45, 2.75) is 78.7 Å². The lowest BCUT2D eigenvalue weighted by atomic mass is 9.71. The molecule has 2 heterocycles. The molecule has 1 aromatic heterocycles. The van der Waals surface area contributed by atoms with Gasteiger partial charge in [-0.2, -0.15) is 0 Å². The van der Waals surface area contributed by atoms with Crippen LogP contribution in [0.15, 0.2) is 4.52 Å². The fraction of sp³-hybridized carbons (Fsp3) is 0.789. The first-order chi connectivity index (χ1) is 10.9. The molecule has 0 unspecified atom stereocenters. The molecule has 2 aliphatic rings. The minimum atomic E-state index is 0.0936. The minimum absolute atomic E-state index is 0.0936. The van der Waals surface area contributed by atoms with E-state index in [1.807, 2.05) is 4.90 Å². The first-order valence-corrected chi connectivity index (χ1v) is 9.20. The molecule has 128 valence electrons. The second-order valence-corrected chi connectivity index (χ2v) is 8.30. The molecule has 1 amide bonds. The maximum atomic E-state index is 13.1. The minimum Gasteiger partial charge on any atom is -0.360 e. The highest BCUT2D eigenvalue weighted by Crippen LogP contribution is 2.38. The first-order valence-electron chi connectivity index (χ1n) is 9.20. The van der Waals surface area contributed by atoms with Gasteiger partial charge in [0.15, 0.2) is 5.69 Å². The van der Waals surface area contributed by atoms with E-state index in [4.69, 9.17) is 4.52 Å². The van der Waals surface area contributed by atoms with Crippen molar-refractivity contribution in [2.75, 3.05) is 6.54 Å². The molecule has 4 nitrogen and oxygen atoms in total. The molecule has 0 N–H and O–H groups in total. The van der Waals surface area contributed by atoms with Gasteiger partial charge >= 0.3 is 0 Å². The van der Waals surface area contributed by atoms with Gasteiger partial charge in [-0.25, -0.2) is 0 Å². The molecule has 1 aliphatic heterocycles. The highest BCUT2D eigenvalue weighted by atomic mass is 16.5. The van der Waals surface area contributed by atoms with E-state index in [1.165, 1.54) is 6.42 Å². The normalized spacial score (nSPS) is 25.3. The van der Waals surface area contributed by atoms with Crippen LogP contribution in [0.3, 0.4) is 0 Å². The molecule has 0 radical (unpaired) electrons. The predicted molar refractivity (Wildman–Crippen MR) is 90.4 cm³/mol. The summed E-state index contributed by atoms with van der Waals surface area (Å²) in [4.78, 5) is 15.1. The number of aryl methyl sites for hydroxylation is 1. The third-order valence-electron chi connectivity index (χ3n) is 5.83. The van der Waals surface area contributed by atoms with Gasteiger partial charge in [-0.3, -0.25) is 4.79 Å². The molecule has 1 aliphatic carbocycles. The van der Waals surface area contributed by atoms with E-state index in [-0.39, 0.29) is 11.3 Å². The summed E-state index contributed by atoms with van der Waals surface area (Å²) >= 11 is 0. The third kappa shape index (κ3) is 3.17. The van der Waals surface area contributed by atoms with Crippen LogP contribution in [-0.4, -0.2) is 28.6 Å². The number of hydrogen-bond acceptors (Lipinski definition) is 3. The quantitative estimate of drug-likeness (QED) is 0.819. The topological polar surface area (TPSA) is 46.3 Å². The van der Waals surface area contributed by atoms with Gasteiger partial charge in [-0.15, -0.1) is 0 Å². The zero-order chi connectivity index (χ0) is 16.6. The number of fused-ring (bicyclic) bond motifs is 1. The van der Waals surface area contributed by atoms with Crippen molar-refractivity contribution >= 4 is 5.91 Å². The van der Waals surface area contributed by atoms with Crippen molar-refractivity contribution in [3.8, 4) is 0 Å². The highest BCUT2D eigenvalue weighted by molar-refractivity contribution is 5.94. The standard InChI is InChI=1S/C19H30N2O2/c1-5-14-8-6-7-11-21(14)18(22)17-15-12-13(19(2,3)4)9-10-16(15)23-20-17/h13-14H,5-12H2,1-4H3/t13-,14+/m1/s1. The van der Waals surface area contributed by atoms with Gasteiger partial charge in [-0.1, -0.05) is 32.9 Å². The number of piperidine rings is 1. The molecular formula is C19H30N2O2. The molecule has 0 spiro atoms. The van der Waals surface area contributed by atoms with Gasteiger partial charge in [0.25, 0.3) is 5.91 Å². The summed E-state index contributed by atoms with van der Waals surface area (Å²) in [7, 11) is 0. The molecule has 4 heteroatoms. The summed E-state index contributed by atoms with van der Waals surface area (Å²) in [5, 5.41) is 4.19. The number of likely N-dealkylation sites (tertiary alicyclic amines) is 1. The number of amides is 1. The molecule has 1 saturated heterocycles. The predicted octanol–water partition coefficient (Wildman–Crippen LogP) is 4.23. The smallest absolute Gasteiger partial charge is 0.276 e. The van der Waals surface area contributed by atoms with Gasteiger partial charge in [0.2, 0.25) is 0 Å².